The number of benzene rings is 2. The van der Waals surface area contributed by atoms with Crippen LogP contribution in [0.4, 0.5) is 8.78 Å². The molecule has 33 heavy (non-hydrogen) atoms. The van der Waals surface area contributed by atoms with Crippen molar-refractivity contribution >= 4 is 10.8 Å². The van der Waals surface area contributed by atoms with E-state index in [-0.39, 0.29) is 5.75 Å². The predicted molar refractivity (Wildman–Crippen MR) is 134 cm³/mol. The van der Waals surface area contributed by atoms with Gasteiger partial charge < -0.3 is 4.74 Å². The monoisotopic (exact) mass is 454 g/mol. The number of allylic oxidation sites excluding steroid dienone is 1. The van der Waals surface area contributed by atoms with E-state index in [1.807, 2.05) is 12.1 Å². The van der Waals surface area contributed by atoms with Crippen LogP contribution in [-0.2, 0) is 6.42 Å². The highest BCUT2D eigenvalue weighted by Crippen LogP contribution is 2.43. The molecule has 0 atom stereocenters. The van der Waals surface area contributed by atoms with E-state index in [0.29, 0.717) is 17.4 Å². The molecule has 0 heterocycles. The molecular formula is C30H40F2O. The van der Waals surface area contributed by atoms with Crippen LogP contribution < -0.4 is 4.74 Å². The highest BCUT2D eigenvalue weighted by atomic mass is 19.2. The van der Waals surface area contributed by atoms with Gasteiger partial charge in [-0.15, -0.1) is 6.58 Å². The topological polar surface area (TPSA) is 9.23 Å². The van der Waals surface area contributed by atoms with E-state index >= 15 is 0 Å². The average Bonchev–Trinajstić information content (AvgIpc) is 2.85. The molecule has 0 radical (unpaired) electrons. The summed E-state index contributed by atoms with van der Waals surface area (Å²) < 4.78 is 34.1. The summed E-state index contributed by atoms with van der Waals surface area (Å²) in [4.78, 5) is 0. The number of hydrogen-bond acceptors (Lipinski definition) is 1. The Morgan fingerprint density at radius 3 is 2.12 bits per heavy atom. The van der Waals surface area contributed by atoms with Gasteiger partial charge in [0.2, 0.25) is 5.82 Å². The predicted octanol–water partition coefficient (Wildman–Crippen LogP) is 9.03. The first kappa shape index (κ1) is 24.2. The molecule has 4 rings (SSSR count). The maximum Gasteiger partial charge on any atom is 0.201 e. The lowest BCUT2D eigenvalue weighted by molar-refractivity contribution is 0.141. The van der Waals surface area contributed by atoms with Crippen molar-refractivity contribution in [1.82, 2.24) is 0 Å². The van der Waals surface area contributed by atoms with Gasteiger partial charge in [-0.25, -0.2) is 4.39 Å². The highest BCUT2D eigenvalue weighted by Gasteiger charge is 2.30. The van der Waals surface area contributed by atoms with Gasteiger partial charge in [-0.3, -0.25) is 0 Å². The maximum absolute atomic E-state index is 14.6. The summed E-state index contributed by atoms with van der Waals surface area (Å²) >= 11 is 0. The molecule has 0 saturated heterocycles. The third-order valence-corrected chi connectivity index (χ3v) is 8.42. The van der Waals surface area contributed by atoms with Gasteiger partial charge in [-0.05, 0) is 105 Å². The van der Waals surface area contributed by atoms with Crippen molar-refractivity contribution in [2.45, 2.75) is 84.0 Å². The van der Waals surface area contributed by atoms with Crippen molar-refractivity contribution in [2.75, 3.05) is 6.61 Å². The summed E-state index contributed by atoms with van der Waals surface area (Å²) in [7, 11) is 0. The summed E-state index contributed by atoms with van der Waals surface area (Å²) in [5.74, 6) is 1.90. The van der Waals surface area contributed by atoms with E-state index in [1.165, 1.54) is 64.2 Å². The van der Waals surface area contributed by atoms with Crippen LogP contribution in [-0.4, -0.2) is 6.61 Å². The van der Waals surface area contributed by atoms with Gasteiger partial charge in [-0.2, -0.15) is 4.39 Å². The molecule has 2 aromatic rings. The molecule has 2 aliphatic rings. The first-order valence-electron chi connectivity index (χ1n) is 13.2. The zero-order valence-electron chi connectivity index (χ0n) is 20.3. The zero-order chi connectivity index (χ0) is 23.2. The number of ether oxygens (including phenoxy) is 1. The standard InChI is InChI=1S/C30H40F2O/c1-3-5-6-21-9-14-24(15-10-21)25-16-11-22(12-17-25)7-8-23-13-18-26-20-28(33-4-2)30(32)29(31)27(26)19-23/h3,13,18-22,24-25H,1,4-12,14-17H2,2H3. The third-order valence-electron chi connectivity index (χ3n) is 8.42. The van der Waals surface area contributed by atoms with Gasteiger partial charge in [0, 0.05) is 5.39 Å². The summed E-state index contributed by atoms with van der Waals surface area (Å²) in [6.45, 7) is 5.96. The van der Waals surface area contributed by atoms with Crippen LogP contribution in [0, 0.1) is 35.3 Å². The lowest BCUT2D eigenvalue weighted by Gasteiger charge is -2.38. The van der Waals surface area contributed by atoms with Crippen molar-refractivity contribution in [3.63, 3.8) is 0 Å². The third kappa shape index (κ3) is 5.97. The maximum atomic E-state index is 14.6. The molecular weight excluding hydrogens is 414 g/mol. The molecule has 0 aromatic heterocycles. The van der Waals surface area contributed by atoms with Crippen molar-refractivity contribution in [3.8, 4) is 5.75 Å². The molecule has 0 unspecified atom stereocenters. The van der Waals surface area contributed by atoms with Gasteiger partial charge in [0.15, 0.2) is 11.6 Å². The Balaban J connectivity index is 1.26. The Labute approximate surface area is 198 Å². The van der Waals surface area contributed by atoms with Gasteiger partial charge >= 0.3 is 0 Å². The minimum absolute atomic E-state index is 0.00254. The highest BCUT2D eigenvalue weighted by molar-refractivity contribution is 5.85. The van der Waals surface area contributed by atoms with Crippen LogP contribution in [0.2, 0.25) is 0 Å². The number of aryl methyl sites for hydroxylation is 1. The Hall–Kier alpha value is -1.90. The van der Waals surface area contributed by atoms with Gasteiger partial charge in [0.25, 0.3) is 0 Å². The van der Waals surface area contributed by atoms with Crippen molar-refractivity contribution < 1.29 is 13.5 Å². The van der Waals surface area contributed by atoms with E-state index in [4.69, 9.17) is 4.74 Å². The molecule has 0 spiro atoms. The van der Waals surface area contributed by atoms with E-state index in [2.05, 4.69) is 18.7 Å². The quantitative estimate of drug-likeness (QED) is 0.343. The Kier molecular flexibility index (Phi) is 8.44. The fourth-order valence-electron chi connectivity index (χ4n) is 6.39. The normalized spacial score (nSPS) is 25.8. The first-order chi connectivity index (χ1) is 16.1. The van der Waals surface area contributed by atoms with Crippen LogP contribution in [0.5, 0.6) is 5.75 Å². The molecule has 3 heteroatoms. The first-order valence-corrected chi connectivity index (χ1v) is 13.2. The Morgan fingerprint density at radius 1 is 0.879 bits per heavy atom. The molecule has 2 fully saturated rings. The summed E-state index contributed by atoms with van der Waals surface area (Å²) in [5.41, 5.74) is 1.10. The lowest BCUT2D eigenvalue weighted by atomic mass is 9.68. The minimum Gasteiger partial charge on any atom is -0.491 e. The number of fused-ring (bicyclic) bond motifs is 1. The molecule has 0 aliphatic heterocycles. The van der Waals surface area contributed by atoms with E-state index in [0.717, 1.165) is 42.1 Å². The second-order valence-electron chi connectivity index (χ2n) is 10.5. The number of halogens is 2. The zero-order valence-corrected chi connectivity index (χ0v) is 20.3. The average molecular weight is 455 g/mol. The molecule has 180 valence electrons. The van der Waals surface area contributed by atoms with Crippen LogP contribution in [0.3, 0.4) is 0 Å². The van der Waals surface area contributed by atoms with Gasteiger partial charge in [0.1, 0.15) is 0 Å². The molecule has 2 aromatic carbocycles. The summed E-state index contributed by atoms with van der Waals surface area (Å²) in [6, 6.07) is 7.40. The fraction of sp³-hybridized carbons (Fsp3) is 0.600. The summed E-state index contributed by atoms with van der Waals surface area (Å²) in [5, 5.41) is 1.06. The molecule has 0 N–H and O–H groups in total. The largest absolute Gasteiger partial charge is 0.491 e. The minimum atomic E-state index is -0.880. The second-order valence-corrected chi connectivity index (χ2v) is 10.5. The molecule has 2 aliphatic carbocycles. The van der Waals surface area contributed by atoms with Gasteiger partial charge in [0.05, 0.1) is 6.61 Å². The Morgan fingerprint density at radius 2 is 1.52 bits per heavy atom. The van der Waals surface area contributed by atoms with Crippen molar-refractivity contribution in [3.05, 3.63) is 54.1 Å². The Bertz CT molecular complexity index is 921. The number of hydrogen-bond donors (Lipinski definition) is 0. The van der Waals surface area contributed by atoms with Crippen LogP contribution in [0.25, 0.3) is 10.8 Å². The smallest absolute Gasteiger partial charge is 0.201 e. The van der Waals surface area contributed by atoms with Crippen LogP contribution in [0.1, 0.15) is 83.1 Å². The fourth-order valence-corrected chi connectivity index (χ4v) is 6.39. The van der Waals surface area contributed by atoms with Crippen LogP contribution >= 0.6 is 0 Å². The van der Waals surface area contributed by atoms with Crippen molar-refractivity contribution in [1.29, 1.82) is 0 Å². The van der Waals surface area contributed by atoms with Crippen molar-refractivity contribution in [2.24, 2.45) is 23.7 Å². The lowest BCUT2D eigenvalue weighted by Crippen LogP contribution is -2.26. The van der Waals surface area contributed by atoms with E-state index in [9.17, 15) is 8.78 Å². The van der Waals surface area contributed by atoms with E-state index < -0.39 is 11.6 Å². The molecule has 0 amide bonds. The van der Waals surface area contributed by atoms with E-state index in [1.54, 1.807) is 13.0 Å². The molecule has 0 bridgehead atoms. The SMILES string of the molecule is C=CCCC1CCC(C2CCC(CCc3ccc4cc(OCC)c(F)c(F)c4c3)CC2)CC1. The number of rotatable bonds is 9. The van der Waals surface area contributed by atoms with Gasteiger partial charge in [-0.1, -0.05) is 43.9 Å². The second kappa shape index (κ2) is 11.5. The molecule has 1 nitrogen and oxygen atoms in total. The molecule has 2 saturated carbocycles. The summed E-state index contributed by atoms with van der Waals surface area (Å²) in [6.07, 6.45) is 17.8. The van der Waals surface area contributed by atoms with Crippen LogP contribution in [0.15, 0.2) is 36.9 Å².